The Kier molecular flexibility index (Phi) is 3.96. The van der Waals surface area contributed by atoms with Crippen molar-refractivity contribution in [2.75, 3.05) is 13.2 Å². The van der Waals surface area contributed by atoms with E-state index in [9.17, 15) is 5.11 Å². The normalized spacial score (nSPS) is 24.9. The lowest BCUT2D eigenvalue weighted by Crippen LogP contribution is -2.42. The zero-order valence-electron chi connectivity index (χ0n) is 9.81. The Morgan fingerprint density at radius 3 is 2.14 bits per heavy atom. The molecule has 0 aliphatic heterocycles. The van der Waals surface area contributed by atoms with Crippen LogP contribution in [0.2, 0.25) is 0 Å². The van der Waals surface area contributed by atoms with Crippen LogP contribution in [0.1, 0.15) is 52.9 Å². The first kappa shape index (κ1) is 12.0. The van der Waals surface area contributed by atoms with Gasteiger partial charge >= 0.3 is 0 Å². The van der Waals surface area contributed by atoms with Crippen molar-refractivity contribution in [1.29, 1.82) is 0 Å². The van der Waals surface area contributed by atoms with Gasteiger partial charge in [0.15, 0.2) is 0 Å². The molecule has 0 radical (unpaired) electrons. The average Bonchev–Trinajstić information content (AvgIpc) is 2.18. The van der Waals surface area contributed by atoms with Gasteiger partial charge in [-0.1, -0.05) is 20.8 Å². The van der Waals surface area contributed by atoms with Crippen LogP contribution in [0.5, 0.6) is 0 Å². The number of hydrogen-bond acceptors (Lipinski definition) is 2. The van der Waals surface area contributed by atoms with E-state index in [1.165, 1.54) is 0 Å². The summed E-state index contributed by atoms with van der Waals surface area (Å²) >= 11 is 0. The largest absolute Gasteiger partial charge is 0.393 e. The van der Waals surface area contributed by atoms with E-state index in [4.69, 9.17) is 4.74 Å². The lowest BCUT2D eigenvalue weighted by molar-refractivity contribution is -0.115. The number of hydrogen-bond donors (Lipinski definition) is 1. The van der Waals surface area contributed by atoms with Crippen molar-refractivity contribution in [3.05, 3.63) is 0 Å². The minimum absolute atomic E-state index is 0.184. The van der Waals surface area contributed by atoms with Gasteiger partial charge in [0.25, 0.3) is 0 Å². The Balaban J connectivity index is 2.48. The molecule has 0 unspecified atom stereocenters. The van der Waals surface area contributed by atoms with Crippen LogP contribution in [0, 0.1) is 5.41 Å². The van der Waals surface area contributed by atoms with Crippen LogP contribution < -0.4 is 0 Å². The second kappa shape index (κ2) is 4.63. The quantitative estimate of drug-likeness (QED) is 0.756. The zero-order valence-corrected chi connectivity index (χ0v) is 9.81. The molecule has 0 spiro atoms. The molecule has 0 amide bonds. The van der Waals surface area contributed by atoms with Crippen molar-refractivity contribution in [3.63, 3.8) is 0 Å². The summed E-state index contributed by atoms with van der Waals surface area (Å²) in [6, 6.07) is 0. The molecule has 1 saturated carbocycles. The molecule has 1 fully saturated rings. The summed E-state index contributed by atoms with van der Waals surface area (Å²) in [5, 5.41) is 9.41. The van der Waals surface area contributed by atoms with Crippen LogP contribution >= 0.6 is 0 Å². The van der Waals surface area contributed by atoms with Gasteiger partial charge in [0, 0.05) is 6.61 Å². The van der Waals surface area contributed by atoms with E-state index < -0.39 is 0 Å². The summed E-state index contributed by atoms with van der Waals surface area (Å²) < 4.78 is 5.81. The lowest BCUT2D eigenvalue weighted by atomic mass is 9.71. The van der Waals surface area contributed by atoms with E-state index in [0.29, 0.717) is 5.41 Å². The maximum Gasteiger partial charge on any atom is 0.0912 e. The molecule has 14 heavy (non-hydrogen) atoms. The highest BCUT2D eigenvalue weighted by Gasteiger charge is 2.38. The van der Waals surface area contributed by atoms with E-state index in [-0.39, 0.29) is 12.2 Å². The van der Waals surface area contributed by atoms with E-state index >= 15 is 0 Å². The Morgan fingerprint density at radius 2 is 1.71 bits per heavy atom. The minimum atomic E-state index is -0.217. The Hall–Kier alpha value is -0.0800. The predicted molar refractivity (Wildman–Crippen MR) is 58.3 cm³/mol. The summed E-state index contributed by atoms with van der Waals surface area (Å²) in [4.78, 5) is 0. The fourth-order valence-corrected chi connectivity index (χ4v) is 2.05. The van der Waals surface area contributed by atoms with Gasteiger partial charge < -0.3 is 9.84 Å². The molecule has 84 valence electrons. The summed E-state index contributed by atoms with van der Waals surface area (Å²) in [5.74, 6) is 0. The van der Waals surface area contributed by atoms with Crippen molar-refractivity contribution >= 4 is 0 Å². The van der Waals surface area contributed by atoms with Gasteiger partial charge in [0.05, 0.1) is 12.2 Å². The molecule has 1 aliphatic carbocycles. The molecule has 1 aliphatic rings. The molecule has 0 aromatic rings. The third kappa shape index (κ3) is 2.96. The Morgan fingerprint density at radius 1 is 1.14 bits per heavy atom. The molecule has 2 nitrogen and oxygen atoms in total. The molecule has 0 aromatic carbocycles. The molecular weight excluding hydrogens is 176 g/mol. The maximum absolute atomic E-state index is 9.41. The molecular formula is C12H24O2. The summed E-state index contributed by atoms with van der Waals surface area (Å²) in [6.07, 6.45) is 5.38. The third-order valence-corrected chi connectivity index (χ3v) is 3.42. The third-order valence-electron chi connectivity index (χ3n) is 3.42. The molecule has 0 aromatic heterocycles. The Labute approximate surface area is 87.7 Å². The SMILES string of the molecule is CCCOC1(CO)CCC(C)(C)CC1. The summed E-state index contributed by atoms with van der Waals surface area (Å²) in [5.41, 5.74) is 0.222. The number of ether oxygens (including phenoxy) is 1. The van der Waals surface area contributed by atoms with Crippen molar-refractivity contribution in [2.45, 2.75) is 58.5 Å². The van der Waals surface area contributed by atoms with Crippen molar-refractivity contribution in [1.82, 2.24) is 0 Å². The molecule has 1 rings (SSSR count). The Bertz CT molecular complexity index is 165. The minimum Gasteiger partial charge on any atom is -0.393 e. The van der Waals surface area contributed by atoms with E-state index in [0.717, 1.165) is 38.7 Å². The van der Waals surface area contributed by atoms with Gasteiger partial charge in [-0.05, 0) is 37.5 Å². The van der Waals surface area contributed by atoms with Crippen LogP contribution in [0.3, 0.4) is 0 Å². The number of rotatable bonds is 4. The molecule has 1 N–H and O–H groups in total. The van der Waals surface area contributed by atoms with Gasteiger partial charge in [-0.15, -0.1) is 0 Å². The lowest BCUT2D eigenvalue weighted by Gasteiger charge is -2.42. The second-order valence-electron chi connectivity index (χ2n) is 5.35. The molecule has 0 heterocycles. The number of aliphatic hydroxyl groups excluding tert-OH is 1. The highest BCUT2D eigenvalue weighted by molar-refractivity contribution is 4.90. The second-order valence-corrected chi connectivity index (χ2v) is 5.35. The summed E-state index contributed by atoms with van der Waals surface area (Å²) in [7, 11) is 0. The first-order valence-corrected chi connectivity index (χ1v) is 5.78. The maximum atomic E-state index is 9.41. The van der Waals surface area contributed by atoms with Crippen LogP contribution in [0.4, 0.5) is 0 Å². The molecule has 2 heteroatoms. The van der Waals surface area contributed by atoms with Gasteiger partial charge in [-0.3, -0.25) is 0 Å². The number of aliphatic hydroxyl groups is 1. The fourth-order valence-electron chi connectivity index (χ4n) is 2.05. The van der Waals surface area contributed by atoms with Crippen molar-refractivity contribution in [2.24, 2.45) is 5.41 Å². The topological polar surface area (TPSA) is 29.5 Å². The fraction of sp³-hybridized carbons (Fsp3) is 1.00. The van der Waals surface area contributed by atoms with Gasteiger partial charge in [-0.25, -0.2) is 0 Å². The zero-order chi connectivity index (χ0) is 10.7. The standard InChI is InChI=1S/C12H24O2/c1-4-9-14-12(10-13)7-5-11(2,3)6-8-12/h13H,4-10H2,1-3H3. The van der Waals surface area contributed by atoms with Crippen molar-refractivity contribution in [3.8, 4) is 0 Å². The van der Waals surface area contributed by atoms with Crippen LogP contribution in [-0.4, -0.2) is 23.9 Å². The van der Waals surface area contributed by atoms with Crippen LogP contribution in [0.25, 0.3) is 0 Å². The average molecular weight is 200 g/mol. The van der Waals surface area contributed by atoms with Gasteiger partial charge in [-0.2, -0.15) is 0 Å². The molecule has 0 saturated heterocycles. The van der Waals surface area contributed by atoms with Crippen LogP contribution in [-0.2, 0) is 4.74 Å². The molecule has 0 atom stereocenters. The van der Waals surface area contributed by atoms with E-state index in [2.05, 4.69) is 20.8 Å². The van der Waals surface area contributed by atoms with E-state index in [1.807, 2.05) is 0 Å². The van der Waals surface area contributed by atoms with Gasteiger partial charge in [0.2, 0.25) is 0 Å². The highest BCUT2D eigenvalue weighted by Crippen LogP contribution is 2.41. The van der Waals surface area contributed by atoms with Gasteiger partial charge in [0.1, 0.15) is 0 Å². The first-order valence-electron chi connectivity index (χ1n) is 5.78. The molecule has 0 bridgehead atoms. The van der Waals surface area contributed by atoms with Crippen LogP contribution in [0.15, 0.2) is 0 Å². The summed E-state index contributed by atoms with van der Waals surface area (Å²) in [6.45, 7) is 7.67. The predicted octanol–water partition coefficient (Wildman–Crippen LogP) is 2.74. The van der Waals surface area contributed by atoms with E-state index in [1.54, 1.807) is 0 Å². The smallest absolute Gasteiger partial charge is 0.0912 e. The highest BCUT2D eigenvalue weighted by atomic mass is 16.5. The first-order chi connectivity index (χ1) is 6.54. The monoisotopic (exact) mass is 200 g/mol. The van der Waals surface area contributed by atoms with Crippen molar-refractivity contribution < 1.29 is 9.84 Å².